The van der Waals surface area contributed by atoms with E-state index in [1.165, 1.54) is 11.3 Å². The van der Waals surface area contributed by atoms with Crippen molar-refractivity contribution in [3.05, 3.63) is 51.7 Å². The number of carbonyl (C=O) groups is 1. The van der Waals surface area contributed by atoms with Gasteiger partial charge in [-0.15, -0.1) is 11.3 Å². The molecule has 0 saturated heterocycles. The van der Waals surface area contributed by atoms with E-state index in [4.69, 9.17) is 10.7 Å². The Kier molecular flexibility index (Phi) is 5.81. The van der Waals surface area contributed by atoms with Crippen LogP contribution in [-0.4, -0.2) is 42.0 Å². The van der Waals surface area contributed by atoms with Gasteiger partial charge in [0, 0.05) is 41.9 Å². The van der Waals surface area contributed by atoms with Crippen LogP contribution in [0.5, 0.6) is 0 Å². The van der Waals surface area contributed by atoms with Crippen molar-refractivity contribution in [2.75, 3.05) is 24.7 Å². The number of hydrogen-bond donors (Lipinski definition) is 3. The lowest BCUT2D eigenvalue weighted by molar-refractivity contribution is 0.0958. The number of aliphatic imine (C=N–C) groups is 2. The molecule has 4 rings (SSSR count). The third-order valence-corrected chi connectivity index (χ3v) is 6.68. The average molecular weight is 428 g/mol. The van der Waals surface area contributed by atoms with Crippen LogP contribution in [0.2, 0.25) is 0 Å². The van der Waals surface area contributed by atoms with Crippen LogP contribution in [0.1, 0.15) is 26.2 Å². The topological polar surface area (TPSA) is 115 Å². The first-order valence-corrected chi connectivity index (χ1v) is 11.6. The highest BCUT2D eigenvalue weighted by molar-refractivity contribution is 7.90. The predicted molar refractivity (Wildman–Crippen MR) is 119 cm³/mol. The number of nitrogens with two attached hydrogens (primary N) is 1. The van der Waals surface area contributed by atoms with Gasteiger partial charge in [0.05, 0.1) is 10.9 Å². The summed E-state index contributed by atoms with van der Waals surface area (Å²) in [5.41, 5.74) is 7.27. The molecule has 0 radical (unpaired) electrons. The second-order valence-corrected chi connectivity index (χ2v) is 9.16. The van der Waals surface area contributed by atoms with Crippen molar-refractivity contribution in [3.63, 3.8) is 0 Å². The van der Waals surface area contributed by atoms with Gasteiger partial charge in [0.1, 0.15) is 6.26 Å². The Bertz CT molecular complexity index is 1010. The number of benzene rings is 1. The molecule has 29 heavy (non-hydrogen) atoms. The number of rotatable bonds is 5. The summed E-state index contributed by atoms with van der Waals surface area (Å²) in [5, 5.41) is 6.01. The van der Waals surface area contributed by atoms with Crippen molar-refractivity contribution < 1.29 is 9.35 Å². The van der Waals surface area contributed by atoms with Crippen LogP contribution in [0.3, 0.4) is 0 Å². The normalized spacial score (nSPS) is 20.4. The van der Waals surface area contributed by atoms with E-state index in [2.05, 4.69) is 21.7 Å². The van der Waals surface area contributed by atoms with Gasteiger partial charge in [-0.3, -0.25) is 4.79 Å². The summed E-state index contributed by atoms with van der Waals surface area (Å²) in [5.74, 6) is 0.430. The zero-order chi connectivity index (χ0) is 20.4. The van der Waals surface area contributed by atoms with E-state index in [0.717, 1.165) is 21.0 Å². The maximum absolute atomic E-state index is 12.3. The lowest BCUT2D eigenvalue weighted by Gasteiger charge is -2.25. The number of hydrogen-bond acceptors (Lipinski definition) is 7. The van der Waals surface area contributed by atoms with E-state index in [1.807, 2.05) is 42.6 Å². The van der Waals surface area contributed by atoms with Crippen molar-refractivity contribution in [1.82, 2.24) is 5.32 Å². The Morgan fingerprint density at radius 2 is 2.24 bits per heavy atom. The SMILES string of the molecule is C[S+]([O-])c1cccc(NC2=NC3c4cc(C(=O)NCCN)sc4C=CC3C=N2)c1. The standard InChI is InChI=1S/C20H21N5O2S2/c1-29(27)14-4-2-3-13(9-14)24-20-23-11-12-5-6-16-15(18(12)25-20)10-17(28-16)19(26)22-8-7-21/h2-6,9-12,18H,7-8,21H2,1H3,(H,22,26)(H,24,25). The van der Waals surface area contributed by atoms with E-state index in [1.54, 1.807) is 6.26 Å². The Hall–Kier alpha value is -2.46. The molecule has 1 aliphatic heterocycles. The minimum Gasteiger partial charge on any atom is -0.612 e. The second kappa shape index (κ2) is 8.50. The molecule has 2 heterocycles. The molecule has 1 aliphatic carbocycles. The quantitative estimate of drug-likeness (QED) is 0.636. The number of carbonyl (C=O) groups excluding carboxylic acids is 1. The minimum atomic E-state index is -1.06. The van der Waals surface area contributed by atoms with Crippen molar-refractivity contribution in [2.45, 2.75) is 10.9 Å². The molecule has 1 amide bonds. The number of thiophene rings is 1. The van der Waals surface area contributed by atoms with Gasteiger partial charge in [-0.25, -0.2) is 9.98 Å². The molecule has 2 aliphatic rings. The Morgan fingerprint density at radius 1 is 1.38 bits per heavy atom. The maximum Gasteiger partial charge on any atom is 0.261 e. The lowest BCUT2D eigenvalue weighted by atomic mass is 9.89. The number of nitrogens with zero attached hydrogens (tertiary/aromatic N) is 2. The summed E-state index contributed by atoms with van der Waals surface area (Å²) >= 11 is 0.394. The van der Waals surface area contributed by atoms with Crippen LogP contribution in [-0.2, 0) is 11.2 Å². The largest absolute Gasteiger partial charge is 0.612 e. The average Bonchev–Trinajstić information content (AvgIpc) is 3.17. The molecule has 150 valence electrons. The van der Waals surface area contributed by atoms with E-state index in [9.17, 15) is 9.35 Å². The van der Waals surface area contributed by atoms with Gasteiger partial charge in [0.2, 0.25) is 5.96 Å². The van der Waals surface area contributed by atoms with E-state index in [0.29, 0.717) is 23.9 Å². The predicted octanol–water partition coefficient (Wildman–Crippen LogP) is 2.41. The minimum absolute atomic E-state index is 0.0529. The molecule has 0 spiro atoms. The molecule has 3 unspecified atom stereocenters. The van der Waals surface area contributed by atoms with Crippen LogP contribution >= 0.6 is 11.3 Å². The zero-order valence-corrected chi connectivity index (χ0v) is 17.4. The fourth-order valence-corrected chi connectivity index (χ4v) is 4.83. The van der Waals surface area contributed by atoms with Gasteiger partial charge in [-0.05, 0) is 41.0 Å². The lowest BCUT2D eigenvalue weighted by Crippen LogP contribution is -2.28. The summed E-state index contributed by atoms with van der Waals surface area (Å²) in [7, 11) is 0. The second-order valence-electron chi connectivity index (χ2n) is 6.69. The van der Waals surface area contributed by atoms with Crippen LogP contribution < -0.4 is 16.4 Å². The summed E-state index contributed by atoms with van der Waals surface area (Å²) < 4.78 is 11.7. The number of amides is 1. The molecule has 0 bridgehead atoms. The highest BCUT2D eigenvalue weighted by Gasteiger charge is 2.30. The maximum atomic E-state index is 12.3. The number of nitrogens with one attached hydrogen (secondary N) is 2. The van der Waals surface area contributed by atoms with Crippen molar-refractivity contribution in [2.24, 2.45) is 21.6 Å². The van der Waals surface area contributed by atoms with Crippen LogP contribution in [0, 0.1) is 5.92 Å². The fraction of sp³-hybridized carbons (Fsp3) is 0.250. The van der Waals surface area contributed by atoms with Gasteiger partial charge in [0.25, 0.3) is 5.91 Å². The molecular formula is C20H21N5O2S2. The summed E-state index contributed by atoms with van der Waals surface area (Å²) in [6.07, 6.45) is 7.61. The summed E-state index contributed by atoms with van der Waals surface area (Å²) in [6.45, 7) is 0.855. The van der Waals surface area contributed by atoms with Gasteiger partial charge >= 0.3 is 0 Å². The molecule has 1 aromatic heterocycles. The molecule has 4 N–H and O–H groups in total. The molecule has 3 atom stereocenters. The highest BCUT2D eigenvalue weighted by atomic mass is 32.2. The Balaban J connectivity index is 1.57. The monoisotopic (exact) mass is 427 g/mol. The molecule has 1 aromatic carbocycles. The number of fused-ring (bicyclic) bond motifs is 3. The van der Waals surface area contributed by atoms with Gasteiger partial charge < -0.3 is 20.9 Å². The molecule has 9 heteroatoms. The Labute approximate surface area is 176 Å². The molecular weight excluding hydrogens is 406 g/mol. The third kappa shape index (κ3) is 4.27. The number of guanidine groups is 1. The molecule has 0 saturated carbocycles. The Morgan fingerprint density at radius 3 is 3.03 bits per heavy atom. The first-order valence-electron chi connectivity index (χ1n) is 9.18. The van der Waals surface area contributed by atoms with E-state index in [-0.39, 0.29) is 17.9 Å². The van der Waals surface area contributed by atoms with Crippen molar-refractivity contribution in [3.8, 4) is 0 Å². The van der Waals surface area contributed by atoms with Crippen molar-refractivity contribution in [1.29, 1.82) is 0 Å². The van der Waals surface area contributed by atoms with Crippen molar-refractivity contribution >= 4 is 52.4 Å². The highest BCUT2D eigenvalue weighted by Crippen LogP contribution is 2.40. The van der Waals surface area contributed by atoms with Crippen LogP contribution in [0.4, 0.5) is 5.69 Å². The van der Waals surface area contributed by atoms with E-state index >= 15 is 0 Å². The molecule has 2 aromatic rings. The van der Waals surface area contributed by atoms with Crippen LogP contribution in [0.25, 0.3) is 6.08 Å². The van der Waals surface area contributed by atoms with Gasteiger partial charge in [-0.2, -0.15) is 0 Å². The zero-order valence-electron chi connectivity index (χ0n) is 15.8. The fourth-order valence-electron chi connectivity index (χ4n) is 3.23. The number of anilines is 1. The summed E-state index contributed by atoms with van der Waals surface area (Å²) in [4.78, 5) is 23.9. The van der Waals surface area contributed by atoms with Gasteiger partial charge in [-0.1, -0.05) is 12.1 Å². The summed E-state index contributed by atoms with van der Waals surface area (Å²) in [6, 6.07) is 9.17. The van der Waals surface area contributed by atoms with E-state index < -0.39 is 11.2 Å². The molecule has 0 fully saturated rings. The third-order valence-electron chi connectivity index (χ3n) is 4.65. The smallest absolute Gasteiger partial charge is 0.261 e. The molecule has 7 nitrogen and oxygen atoms in total. The first kappa shape index (κ1) is 19.8. The van der Waals surface area contributed by atoms with Crippen LogP contribution in [0.15, 0.2) is 51.3 Å². The first-order chi connectivity index (χ1) is 14.0. The van der Waals surface area contributed by atoms with Gasteiger partial charge in [0.15, 0.2) is 4.90 Å².